The molecule has 0 unspecified atom stereocenters. The lowest BCUT2D eigenvalue weighted by atomic mass is 9.81. The van der Waals surface area contributed by atoms with E-state index >= 15 is 0 Å². The van der Waals surface area contributed by atoms with Crippen molar-refractivity contribution < 1.29 is 4.79 Å². The summed E-state index contributed by atoms with van der Waals surface area (Å²) in [5.41, 5.74) is 4.99. The summed E-state index contributed by atoms with van der Waals surface area (Å²) in [7, 11) is 0. The number of nitrogens with one attached hydrogen (secondary N) is 2. The maximum Gasteiger partial charge on any atom is 0.233 e. The van der Waals surface area contributed by atoms with Gasteiger partial charge in [-0.3, -0.25) is 4.79 Å². The van der Waals surface area contributed by atoms with Crippen LogP contribution in [0.2, 0.25) is 0 Å². The Bertz CT molecular complexity index is 398. The van der Waals surface area contributed by atoms with E-state index in [1.54, 1.807) is 12.4 Å². The Morgan fingerprint density at radius 1 is 1.56 bits per heavy atom. The zero-order chi connectivity index (χ0) is 13.6. The third kappa shape index (κ3) is 3.07. The van der Waals surface area contributed by atoms with Crippen LogP contribution in [0.15, 0.2) is 12.4 Å². The first-order valence-electron chi connectivity index (χ1n) is 6.13. The van der Waals surface area contributed by atoms with Crippen LogP contribution in [0.25, 0.3) is 0 Å². The number of nitrogens with zero attached hydrogens (tertiary/aromatic N) is 1. The Balaban J connectivity index is 2.55. The van der Waals surface area contributed by atoms with Gasteiger partial charge >= 0.3 is 0 Å². The van der Waals surface area contributed by atoms with Crippen LogP contribution in [0, 0.1) is 5.41 Å². The number of carbonyl (C=O) groups excluding carboxylic acids is 1. The lowest BCUT2D eigenvalue weighted by Crippen LogP contribution is -2.48. The highest BCUT2D eigenvalue weighted by Gasteiger charge is 2.37. The minimum absolute atomic E-state index is 0.0912. The maximum atomic E-state index is 12.2. The molecule has 0 bridgehead atoms. The normalized spacial score (nSPS) is 11.2. The molecular formula is C12H20N4OS. The molecular weight excluding hydrogens is 248 g/mol. The summed E-state index contributed by atoms with van der Waals surface area (Å²) in [6, 6.07) is 0. The van der Waals surface area contributed by atoms with Gasteiger partial charge in [-0.2, -0.15) is 0 Å². The molecule has 1 aromatic rings. The first kappa shape index (κ1) is 14.6. The predicted molar refractivity (Wildman–Crippen MR) is 75.1 cm³/mol. The van der Waals surface area contributed by atoms with E-state index in [9.17, 15) is 4.79 Å². The quantitative estimate of drug-likeness (QED) is 0.648. The van der Waals surface area contributed by atoms with E-state index in [0.29, 0.717) is 25.8 Å². The first-order valence-corrected chi connectivity index (χ1v) is 6.54. The van der Waals surface area contributed by atoms with Crippen molar-refractivity contribution in [3.63, 3.8) is 0 Å². The lowest BCUT2D eigenvalue weighted by molar-refractivity contribution is -0.127. The van der Waals surface area contributed by atoms with Gasteiger partial charge in [-0.15, -0.1) is 0 Å². The van der Waals surface area contributed by atoms with E-state index in [4.69, 9.17) is 18.0 Å². The second-order valence-corrected chi connectivity index (χ2v) is 4.64. The fourth-order valence-electron chi connectivity index (χ4n) is 1.93. The van der Waals surface area contributed by atoms with Gasteiger partial charge in [-0.05, 0) is 12.8 Å². The summed E-state index contributed by atoms with van der Waals surface area (Å²) in [6.07, 6.45) is 5.35. The van der Waals surface area contributed by atoms with Crippen LogP contribution in [0.3, 0.4) is 0 Å². The van der Waals surface area contributed by atoms with Crippen molar-refractivity contribution in [2.24, 2.45) is 11.1 Å². The molecule has 0 atom stereocenters. The highest BCUT2D eigenvalue weighted by Crippen LogP contribution is 2.27. The Morgan fingerprint density at radius 3 is 2.67 bits per heavy atom. The standard InChI is InChI=1S/C12H20N4OS/c1-3-12(4-2,10(13)18)11(17)16-6-5-9-14-7-8-15-9/h7-8H,3-6H2,1-2H3,(H2,13,18)(H,14,15)(H,16,17). The SMILES string of the molecule is CCC(CC)(C(=O)NCCc1ncc[nH]1)C(N)=S. The molecule has 0 fully saturated rings. The molecule has 18 heavy (non-hydrogen) atoms. The van der Waals surface area contributed by atoms with E-state index in [1.165, 1.54) is 0 Å². The molecule has 0 aliphatic heterocycles. The van der Waals surface area contributed by atoms with Crippen LogP contribution in [0.5, 0.6) is 0 Å². The summed E-state index contributed by atoms with van der Waals surface area (Å²) >= 11 is 5.03. The van der Waals surface area contributed by atoms with Crippen LogP contribution < -0.4 is 11.1 Å². The molecule has 100 valence electrons. The Labute approximate surface area is 113 Å². The fraction of sp³-hybridized carbons (Fsp3) is 0.583. The van der Waals surface area contributed by atoms with Crippen molar-refractivity contribution >= 4 is 23.1 Å². The number of thiocarbonyl (C=S) groups is 1. The van der Waals surface area contributed by atoms with E-state index in [-0.39, 0.29) is 10.9 Å². The second kappa shape index (κ2) is 6.49. The molecule has 4 N–H and O–H groups in total. The van der Waals surface area contributed by atoms with E-state index < -0.39 is 5.41 Å². The molecule has 0 radical (unpaired) electrons. The summed E-state index contributed by atoms with van der Waals surface area (Å²) in [4.78, 5) is 19.5. The minimum Gasteiger partial charge on any atom is -0.392 e. The molecule has 1 heterocycles. The smallest absolute Gasteiger partial charge is 0.233 e. The van der Waals surface area contributed by atoms with Gasteiger partial charge in [-0.25, -0.2) is 4.98 Å². The average Bonchev–Trinajstić information content (AvgIpc) is 2.84. The van der Waals surface area contributed by atoms with Crippen LogP contribution in [-0.2, 0) is 11.2 Å². The van der Waals surface area contributed by atoms with Crippen molar-refractivity contribution in [3.8, 4) is 0 Å². The van der Waals surface area contributed by atoms with Gasteiger partial charge in [0.15, 0.2) is 0 Å². The minimum atomic E-state index is -0.724. The largest absolute Gasteiger partial charge is 0.392 e. The maximum absolute atomic E-state index is 12.2. The van der Waals surface area contributed by atoms with E-state index in [1.807, 2.05) is 13.8 Å². The number of H-pyrrole nitrogens is 1. The van der Waals surface area contributed by atoms with Crippen molar-refractivity contribution in [2.45, 2.75) is 33.1 Å². The number of imidazole rings is 1. The molecule has 0 saturated carbocycles. The van der Waals surface area contributed by atoms with E-state index in [2.05, 4.69) is 15.3 Å². The number of rotatable bonds is 7. The topological polar surface area (TPSA) is 83.8 Å². The van der Waals surface area contributed by atoms with Crippen molar-refractivity contribution in [3.05, 3.63) is 18.2 Å². The third-order valence-electron chi connectivity index (χ3n) is 3.32. The lowest BCUT2D eigenvalue weighted by Gasteiger charge is -2.28. The predicted octanol–water partition coefficient (Wildman–Crippen LogP) is 1.16. The molecule has 0 saturated heterocycles. The number of hydrogen-bond acceptors (Lipinski definition) is 3. The van der Waals surface area contributed by atoms with Crippen LogP contribution in [0.4, 0.5) is 0 Å². The number of hydrogen-bond donors (Lipinski definition) is 3. The van der Waals surface area contributed by atoms with Crippen molar-refractivity contribution in [1.29, 1.82) is 0 Å². The summed E-state index contributed by atoms with van der Waals surface area (Å²) < 4.78 is 0. The monoisotopic (exact) mass is 268 g/mol. The van der Waals surface area contributed by atoms with Crippen molar-refractivity contribution in [2.75, 3.05) is 6.54 Å². The molecule has 0 spiro atoms. The molecule has 5 nitrogen and oxygen atoms in total. The summed E-state index contributed by atoms with van der Waals surface area (Å²) in [5.74, 6) is 0.760. The van der Waals surface area contributed by atoms with E-state index in [0.717, 1.165) is 5.82 Å². The Morgan fingerprint density at radius 2 is 2.22 bits per heavy atom. The fourth-order valence-corrected chi connectivity index (χ4v) is 2.31. The van der Waals surface area contributed by atoms with Gasteiger partial charge in [0, 0.05) is 25.4 Å². The van der Waals surface area contributed by atoms with Gasteiger partial charge in [0.1, 0.15) is 5.82 Å². The molecule has 6 heteroatoms. The van der Waals surface area contributed by atoms with Crippen LogP contribution in [-0.4, -0.2) is 27.4 Å². The molecule has 0 aromatic carbocycles. The number of aromatic nitrogens is 2. The van der Waals surface area contributed by atoms with Crippen molar-refractivity contribution in [1.82, 2.24) is 15.3 Å². The number of amides is 1. The van der Waals surface area contributed by atoms with Gasteiger partial charge in [-0.1, -0.05) is 26.1 Å². The molecule has 0 aliphatic rings. The molecule has 1 amide bonds. The van der Waals surface area contributed by atoms with Crippen LogP contribution >= 0.6 is 12.2 Å². The number of nitrogens with two attached hydrogens (primary N) is 1. The first-order chi connectivity index (χ1) is 8.56. The second-order valence-electron chi connectivity index (χ2n) is 4.20. The summed E-state index contributed by atoms with van der Waals surface area (Å²) in [5, 5.41) is 2.88. The number of carbonyl (C=O) groups is 1. The highest BCUT2D eigenvalue weighted by molar-refractivity contribution is 7.80. The molecule has 1 aromatic heterocycles. The zero-order valence-electron chi connectivity index (χ0n) is 10.8. The zero-order valence-corrected chi connectivity index (χ0v) is 11.6. The Hall–Kier alpha value is -1.43. The van der Waals surface area contributed by atoms with Gasteiger partial charge < -0.3 is 16.0 Å². The number of aromatic amines is 1. The average molecular weight is 268 g/mol. The third-order valence-corrected chi connectivity index (χ3v) is 3.71. The van der Waals surface area contributed by atoms with Gasteiger partial charge in [0.25, 0.3) is 0 Å². The summed E-state index contributed by atoms with van der Waals surface area (Å²) in [6.45, 7) is 4.38. The molecule has 1 rings (SSSR count). The molecule has 0 aliphatic carbocycles. The Kier molecular flexibility index (Phi) is 5.27. The van der Waals surface area contributed by atoms with Crippen LogP contribution in [0.1, 0.15) is 32.5 Å². The van der Waals surface area contributed by atoms with Gasteiger partial charge in [0.2, 0.25) is 5.91 Å². The van der Waals surface area contributed by atoms with Gasteiger partial charge in [0.05, 0.1) is 10.4 Å². The highest BCUT2D eigenvalue weighted by atomic mass is 32.1.